The molecule has 0 spiro atoms. The summed E-state index contributed by atoms with van der Waals surface area (Å²) in [6.45, 7) is 1.82. The number of amides is 1. The number of pyridine rings is 1. The van der Waals surface area contributed by atoms with Crippen molar-refractivity contribution < 1.29 is 14.7 Å². The van der Waals surface area contributed by atoms with Gasteiger partial charge in [-0.15, -0.1) is 0 Å². The number of nitrogens with one attached hydrogen (secondary N) is 1. The Labute approximate surface area is 106 Å². The molecule has 0 saturated carbocycles. The van der Waals surface area contributed by atoms with Gasteiger partial charge in [0, 0.05) is 0 Å². The maximum absolute atomic E-state index is 11.5. The highest BCUT2D eigenvalue weighted by atomic mass is 79.9. The third-order valence-corrected chi connectivity index (χ3v) is 2.84. The van der Waals surface area contributed by atoms with Crippen molar-refractivity contribution in [2.45, 2.75) is 19.4 Å². The van der Waals surface area contributed by atoms with Crippen molar-refractivity contribution in [2.75, 3.05) is 5.32 Å². The molecule has 0 aliphatic carbocycles. The molecular weight excluding hydrogens is 290 g/mol. The number of nitrogens with zero attached hydrogens (tertiary/aromatic N) is 1. The molecule has 1 amide bonds. The van der Waals surface area contributed by atoms with Gasteiger partial charge in [-0.3, -0.25) is 9.59 Å². The fraction of sp³-hybridized carbons (Fsp3) is 0.300. The van der Waals surface area contributed by atoms with Gasteiger partial charge in [0.05, 0.1) is 24.3 Å². The summed E-state index contributed by atoms with van der Waals surface area (Å²) >= 11 is 3.23. The second kappa shape index (κ2) is 5.74. The number of halogens is 1. The third-order valence-electron chi connectivity index (χ3n) is 2.01. The molecule has 7 heteroatoms. The first-order chi connectivity index (χ1) is 7.90. The van der Waals surface area contributed by atoms with E-state index >= 15 is 0 Å². The Balaban J connectivity index is 2.67. The second-order valence-electron chi connectivity index (χ2n) is 3.53. The summed E-state index contributed by atoms with van der Waals surface area (Å²) in [5.74, 6) is -1.66. The van der Waals surface area contributed by atoms with Gasteiger partial charge >= 0.3 is 5.97 Å². The lowest BCUT2D eigenvalue weighted by atomic mass is 10.2. The van der Waals surface area contributed by atoms with Crippen LogP contribution in [0, 0.1) is 6.92 Å². The van der Waals surface area contributed by atoms with E-state index in [2.05, 4.69) is 26.2 Å². The van der Waals surface area contributed by atoms with E-state index < -0.39 is 24.3 Å². The van der Waals surface area contributed by atoms with Crippen molar-refractivity contribution >= 4 is 33.5 Å². The van der Waals surface area contributed by atoms with Gasteiger partial charge in [0.2, 0.25) is 5.91 Å². The summed E-state index contributed by atoms with van der Waals surface area (Å²) in [5.41, 5.74) is 6.75. The Hall–Kier alpha value is -1.47. The van der Waals surface area contributed by atoms with E-state index in [0.717, 1.165) is 5.56 Å². The molecule has 0 saturated heterocycles. The average molecular weight is 302 g/mol. The number of anilines is 1. The second-order valence-corrected chi connectivity index (χ2v) is 4.28. The summed E-state index contributed by atoms with van der Waals surface area (Å²) < 4.78 is 0.685. The van der Waals surface area contributed by atoms with Gasteiger partial charge in [-0.05, 0) is 34.5 Å². The van der Waals surface area contributed by atoms with E-state index in [-0.39, 0.29) is 0 Å². The van der Waals surface area contributed by atoms with Crippen LogP contribution in [-0.2, 0) is 9.59 Å². The topological polar surface area (TPSA) is 105 Å². The van der Waals surface area contributed by atoms with Crippen LogP contribution in [0.15, 0.2) is 16.9 Å². The number of hydrogen-bond acceptors (Lipinski definition) is 4. The summed E-state index contributed by atoms with van der Waals surface area (Å²) in [6, 6.07) is 0.638. The molecule has 0 radical (unpaired) electrons. The molecule has 0 aliphatic heterocycles. The molecule has 1 rings (SSSR count). The van der Waals surface area contributed by atoms with Gasteiger partial charge in [-0.2, -0.15) is 0 Å². The maximum Gasteiger partial charge on any atom is 0.305 e. The van der Waals surface area contributed by atoms with E-state index in [0.29, 0.717) is 10.3 Å². The zero-order valence-corrected chi connectivity index (χ0v) is 10.7. The molecule has 1 aromatic heterocycles. The van der Waals surface area contributed by atoms with Gasteiger partial charge < -0.3 is 16.2 Å². The Morgan fingerprint density at radius 3 is 2.82 bits per heavy atom. The average Bonchev–Trinajstić information content (AvgIpc) is 2.22. The molecule has 92 valence electrons. The standard InChI is InChI=1S/C10H12BrN3O3/c1-5-2-6(4-13-9(5)11)14-10(17)7(12)3-8(15)16/h2,4,7H,3,12H2,1H3,(H,14,17)(H,15,16). The summed E-state index contributed by atoms with van der Waals surface area (Å²) in [6.07, 6.45) is 1.05. The van der Waals surface area contributed by atoms with Crippen LogP contribution in [0.5, 0.6) is 0 Å². The van der Waals surface area contributed by atoms with E-state index in [4.69, 9.17) is 10.8 Å². The summed E-state index contributed by atoms with van der Waals surface area (Å²) in [7, 11) is 0. The van der Waals surface area contributed by atoms with Crippen molar-refractivity contribution in [1.29, 1.82) is 0 Å². The molecule has 0 aliphatic rings. The zero-order valence-electron chi connectivity index (χ0n) is 9.11. The fourth-order valence-corrected chi connectivity index (χ4v) is 1.36. The zero-order chi connectivity index (χ0) is 13.0. The Kier molecular flexibility index (Phi) is 4.59. The number of carboxylic acid groups (broad SMARTS) is 1. The van der Waals surface area contributed by atoms with E-state index in [1.807, 2.05) is 6.92 Å². The van der Waals surface area contributed by atoms with Crippen molar-refractivity contribution in [3.8, 4) is 0 Å². The minimum absolute atomic E-state index is 0.408. The van der Waals surface area contributed by atoms with Gasteiger partial charge in [-0.1, -0.05) is 0 Å². The summed E-state index contributed by atoms with van der Waals surface area (Å²) in [5, 5.41) is 11.0. The number of rotatable bonds is 4. The smallest absolute Gasteiger partial charge is 0.305 e. The highest BCUT2D eigenvalue weighted by Crippen LogP contribution is 2.16. The monoisotopic (exact) mass is 301 g/mol. The minimum Gasteiger partial charge on any atom is -0.481 e. The van der Waals surface area contributed by atoms with E-state index in [9.17, 15) is 9.59 Å². The Morgan fingerprint density at radius 1 is 1.65 bits per heavy atom. The molecule has 4 N–H and O–H groups in total. The van der Waals surface area contributed by atoms with Crippen LogP contribution in [0.3, 0.4) is 0 Å². The lowest BCUT2D eigenvalue weighted by molar-refractivity contribution is -0.138. The minimum atomic E-state index is -1.11. The van der Waals surface area contributed by atoms with Crippen LogP contribution in [0.25, 0.3) is 0 Å². The lowest BCUT2D eigenvalue weighted by Gasteiger charge is -2.10. The highest BCUT2D eigenvalue weighted by Gasteiger charge is 2.17. The van der Waals surface area contributed by atoms with Crippen LogP contribution >= 0.6 is 15.9 Å². The molecule has 1 heterocycles. The quantitative estimate of drug-likeness (QED) is 0.716. The van der Waals surface area contributed by atoms with E-state index in [1.54, 1.807) is 6.07 Å². The number of carbonyl (C=O) groups is 2. The first-order valence-electron chi connectivity index (χ1n) is 4.80. The van der Waals surface area contributed by atoms with Crippen LogP contribution in [0.2, 0.25) is 0 Å². The molecule has 1 atom stereocenters. The fourth-order valence-electron chi connectivity index (χ4n) is 1.14. The molecule has 1 aromatic rings. The van der Waals surface area contributed by atoms with Crippen molar-refractivity contribution in [1.82, 2.24) is 4.98 Å². The first kappa shape index (κ1) is 13.6. The van der Waals surface area contributed by atoms with Crippen LogP contribution in [0.4, 0.5) is 5.69 Å². The number of carbonyl (C=O) groups excluding carboxylic acids is 1. The van der Waals surface area contributed by atoms with Crippen LogP contribution < -0.4 is 11.1 Å². The number of nitrogens with two attached hydrogens (primary N) is 1. The molecule has 6 nitrogen and oxygen atoms in total. The number of aryl methyl sites for hydroxylation is 1. The third kappa shape index (κ3) is 4.12. The lowest BCUT2D eigenvalue weighted by Crippen LogP contribution is -2.37. The molecule has 17 heavy (non-hydrogen) atoms. The largest absolute Gasteiger partial charge is 0.481 e. The maximum atomic E-state index is 11.5. The van der Waals surface area contributed by atoms with Crippen molar-refractivity contribution in [3.63, 3.8) is 0 Å². The van der Waals surface area contributed by atoms with Crippen LogP contribution in [-0.4, -0.2) is 28.0 Å². The SMILES string of the molecule is Cc1cc(NC(=O)C(N)CC(=O)O)cnc1Br. The Morgan fingerprint density at radius 2 is 2.29 bits per heavy atom. The summed E-state index contributed by atoms with van der Waals surface area (Å²) in [4.78, 5) is 25.9. The normalized spacial score (nSPS) is 11.9. The Bertz CT molecular complexity index is 450. The van der Waals surface area contributed by atoms with Gasteiger partial charge in [-0.25, -0.2) is 4.98 Å². The molecule has 0 fully saturated rings. The first-order valence-corrected chi connectivity index (χ1v) is 5.60. The van der Waals surface area contributed by atoms with Gasteiger partial charge in [0.25, 0.3) is 0 Å². The van der Waals surface area contributed by atoms with Crippen LogP contribution in [0.1, 0.15) is 12.0 Å². The number of aliphatic carboxylic acids is 1. The highest BCUT2D eigenvalue weighted by molar-refractivity contribution is 9.10. The predicted molar refractivity (Wildman–Crippen MR) is 65.5 cm³/mol. The molecule has 1 unspecified atom stereocenters. The van der Waals surface area contributed by atoms with Crippen molar-refractivity contribution in [3.05, 3.63) is 22.4 Å². The molecule has 0 aromatic carbocycles. The van der Waals surface area contributed by atoms with Gasteiger partial charge in [0.15, 0.2) is 0 Å². The number of aromatic nitrogens is 1. The molecular formula is C10H12BrN3O3. The number of carboxylic acids is 1. The molecule has 0 bridgehead atoms. The van der Waals surface area contributed by atoms with Crippen molar-refractivity contribution in [2.24, 2.45) is 5.73 Å². The van der Waals surface area contributed by atoms with Gasteiger partial charge in [0.1, 0.15) is 4.60 Å². The van der Waals surface area contributed by atoms with E-state index in [1.165, 1.54) is 6.20 Å². The predicted octanol–water partition coefficient (Wildman–Crippen LogP) is 0.893. The number of hydrogen-bond donors (Lipinski definition) is 3.